The topological polar surface area (TPSA) is 29.5 Å². The quantitative estimate of drug-likeness (QED) is 0.0833. The third-order valence-corrected chi connectivity index (χ3v) is 6.20. The molecule has 0 bridgehead atoms. The third-order valence-electron chi connectivity index (χ3n) is 6.20. The highest BCUT2D eigenvalue weighted by atomic mass is 16.5. The van der Waals surface area contributed by atoms with Crippen LogP contribution in [0, 0.1) is 0 Å². The number of hydrogen-bond donors (Lipinski definition) is 0. The molecule has 32 heavy (non-hydrogen) atoms. The second kappa shape index (κ2) is 24.8. The summed E-state index contributed by atoms with van der Waals surface area (Å²) < 4.78 is 5.92. The molecule has 0 spiro atoms. The molecule has 0 aliphatic rings. The molecule has 0 N–H and O–H groups in total. The van der Waals surface area contributed by atoms with Crippen LogP contribution in [0.5, 0.6) is 0 Å². The predicted octanol–water partition coefficient (Wildman–Crippen LogP) is 8.86. The van der Waals surface area contributed by atoms with Crippen molar-refractivity contribution in [2.45, 2.75) is 148 Å². The molecule has 3 heteroatoms. The third kappa shape index (κ3) is 23.8. The minimum atomic E-state index is 0.0177. The number of ether oxygens (including phenoxy) is 1. The van der Waals surface area contributed by atoms with Crippen LogP contribution < -0.4 is 0 Å². The van der Waals surface area contributed by atoms with Crippen molar-refractivity contribution in [3.05, 3.63) is 12.2 Å². The highest BCUT2D eigenvalue weighted by molar-refractivity contribution is 5.69. The Hall–Kier alpha value is -0.830. The molecule has 1 atom stereocenters. The van der Waals surface area contributed by atoms with Gasteiger partial charge in [0.25, 0.3) is 0 Å². The molecule has 0 aromatic rings. The number of rotatable bonds is 24. The lowest BCUT2D eigenvalue weighted by molar-refractivity contribution is -0.150. The van der Waals surface area contributed by atoms with Gasteiger partial charge in [-0.25, -0.2) is 0 Å². The SMILES string of the molecule is CCCCCC=CCCCCC(CCCCCCCCCC)OC(=O)CCCCN(C)C. The summed E-state index contributed by atoms with van der Waals surface area (Å²) in [5.41, 5.74) is 0. The van der Waals surface area contributed by atoms with Gasteiger partial charge in [-0.05, 0) is 84.8 Å². The van der Waals surface area contributed by atoms with Gasteiger partial charge in [-0.1, -0.05) is 83.8 Å². The van der Waals surface area contributed by atoms with Crippen LogP contribution in [-0.2, 0) is 9.53 Å². The Balaban J connectivity index is 4.10. The first-order valence-corrected chi connectivity index (χ1v) is 14.1. The van der Waals surface area contributed by atoms with Crippen LogP contribution in [0.3, 0.4) is 0 Å². The zero-order chi connectivity index (χ0) is 23.7. The van der Waals surface area contributed by atoms with Gasteiger partial charge >= 0.3 is 5.97 Å². The largest absolute Gasteiger partial charge is 0.462 e. The van der Waals surface area contributed by atoms with Crippen LogP contribution in [0.15, 0.2) is 12.2 Å². The lowest BCUT2D eigenvalue weighted by Gasteiger charge is -2.18. The summed E-state index contributed by atoms with van der Waals surface area (Å²) in [6.45, 7) is 5.57. The first-order valence-electron chi connectivity index (χ1n) is 14.1. The fourth-order valence-corrected chi connectivity index (χ4v) is 4.09. The summed E-state index contributed by atoms with van der Waals surface area (Å²) in [6, 6.07) is 0. The van der Waals surface area contributed by atoms with E-state index in [-0.39, 0.29) is 12.1 Å². The number of allylic oxidation sites excluding steroid dienone is 2. The Morgan fingerprint density at radius 2 is 1.19 bits per heavy atom. The minimum Gasteiger partial charge on any atom is -0.462 e. The fourth-order valence-electron chi connectivity index (χ4n) is 4.09. The molecular formula is C29H57NO2. The van der Waals surface area contributed by atoms with E-state index < -0.39 is 0 Å². The molecule has 1 unspecified atom stereocenters. The summed E-state index contributed by atoms with van der Waals surface area (Å²) in [5, 5.41) is 0. The highest BCUT2D eigenvalue weighted by Gasteiger charge is 2.14. The molecule has 0 heterocycles. The maximum absolute atomic E-state index is 12.3. The van der Waals surface area contributed by atoms with E-state index in [1.54, 1.807) is 0 Å². The maximum atomic E-state index is 12.3. The number of esters is 1. The number of carbonyl (C=O) groups excluding carboxylic acids is 1. The molecule has 0 radical (unpaired) electrons. The lowest BCUT2D eigenvalue weighted by Crippen LogP contribution is -2.19. The Kier molecular flexibility index (Phi) is 24.2. The Morgan fingerprint density at radius 3 is 1.78 bits per heavy atom. The second-order valence-corrected chi connectivity index (χ2v) is 9.89. The van der Waals surface area contributed by atoms with Crippen LogP contribution in [-0.4, -0.2) is 37.6 Å². The molecule has 3 nitrogen and oxygen atoms in total. The number of carbonyl (C=O) groups is 1. The van der Waals surface area contributed by atoms with Gasteiger partial charge in [0.1, 0.15) is 6.10 Å². The summed E-state index contributed by atoms with van der Waals surface area (Å²) in [7, 11) is 4.16. The van der Waals surface area contributed by atoms with Crippen molar-refractivity contribution >= 4 is 5.97 Å². The maximum Gasteiger partial charge on any atom is 0.306 e. The summed E-state index contributed by atoms with van der Waals surface area (Å²) in [6.07, 6.45) is 28.8. The van der Waals surface area contributed by atoms with Crippen LogP contribution in [0.4, 0.5) is 0 Å². The van der Waals surface area contributed by atoms with E-state index in [0.29, 0.717) is 6.42 Å². The van der Waals surface area contributed by atoms with Gasteiger partial charge < -0.3 is 9.64 Å². The predicted molar refractivity (Wildman–Crippen MR) is 141 cm³/mol. The van der Waals surface area contributed by atoms with Crippen LogP contribution in [0.2, 0.25) is 0 Å². The van der Waals surface area contributed by atoms with Gasteiger partial charge in [-0.2, -0.15) is 0 Å². The average molecular weight is 452 g/mol. The Labute approximate surface area is 201 Å². The zero-order valence-electron chi connectivity index (χ0n) is 22.3. The summed E-state index contributed by atoms with van der Waals surface area (Å²) in [4.78, 5) is 14.5. The molecule has 0 rings (SSSR count). The van der Waals surface area contributed by atoms with Crippen molar-refractivity contribution in [1.29, 1.82) is 0 Å². The molecule has 0 amide bonds. The molecule has 0 saturated heterocycles. The Morgan fingerprint density at radius 1 is 0.688 bits per heavy atom. The number of nitrogens with zero attached hydrogens (tertiary/aromatic N) is 1. The average Bonchev–Trinajstić information content (AvgIpc) is 2.77. The highest BCUT2D eigenvalue weighted by Crippen LogP contribution is 2.17. The van der Waals surface area contributed by atoms with Crippen molar-refractivity contribution in [2.24, 2.45) is 0 Å². The molecule has 190 valence electrons. The fraction of sp³-hybridized carbons (Fsp3) is 0.897. The monoisotopic (exact) mass is 451 g/mol. The lowest BCUT2D eigenvalue weighted by atomic mass is 10.0. The number of hydrogen-bond acceptors (Lipinski definition) is 3. The minimum absolute atomic E-state index is 0.0177. The standard InChI is InChI=1S/C29H57NO2/c1-5-7-9-11-13-15-17-19-21-25-28(24-20-18-16-14-12-10-8-6-2)32-29(31)26-22-23-27-30(3)4/h13,15,28H,5-12,14,16-27H2,1-4H3. The number of unbranched alkanes of at least 4 members (excludes halogenated alkanes) is 13. The van der Waals surface area contributed by atoms with E-state index in [1.807, 2.05) is 0 Å². The smallest absolute Gasteiger partial charge is 0.306 e. The summed E-state index contributed by atoms with van der Waals surface area (Å²) >= 11 is 0. The summed E-state index contributed by atoms with van der Waals surface area (Å²) in [5.74, 6) is 0.0177. The first kappa shape index (κ1) is 31.2. The van der Waals surface area contributed by atoms with Gasteiger partial charge in [-0.15, -0.1) is 0 Å². The first-order chi connectivity index (χ1) is 15.6. The van der Waals surface area contributed by atoms with Crippen molar-refractivity contribution in [3.8, 4) is 0 Å². The molecule has 0 fully saturated rings. The normalized spacial score (nSPS) is 12.7. The Bertz CT molecular complexity index is 419. The van der Waals surface area contributed by atoms with Gasteiger partial charge in [0, 0.05) is 6.42 Å². The van der Waals surface area contributed by atoms with Gasteiger partial charge in [0.15, 0.2) is 0 Å². The molecule has 0 aliphatic heterocycles. The van der Waals surface area contributed by atoms with E-state index in [2.05, 4.69) is 45.0 Å². The van der Waals surface area contributed by atoms with Crippen LogP contribution in [0.1, 0.15) is 142 Å². The van der Waals surface area contributed by atoms with Crippen LogP contribution in [0.25, 0.3) is 0 Å². The molecule has 0 aliphatic carbocycles. The van der Waals surface area contributed by atoms with E-state index in [1.165, 1.54) is 83.5 Å². The molecule has 0 saturated carbocycles. The van der Waals surface area contributed by atoms with E-state index in [0.717, 1.165) is 45.1 Å². The van der Waals surface area contributed by atoms with Crippen molar-refractivity contribution < 1.29 is 9.53 Å². The van der Waals surface area contributed by atoms with Gasteiger partial charge in [-0.3, -0.25) is 4.79 Å². The molecule has 0 aromatic carbocycles. The van der Waals surface area contributed by atoms with E-state index in [4.69, 9.17) is 4.74 Å². The van der Waals surface area contributed by atoms with E-state index >= 15 is 0 Å². The van der Waals surface area contributed by atoms with Gasteiger partial charge in [0.05, 0.1) is 0 Å². The molecule has 0 aromatic heterocycles. The molecular weight excluding hydrogens is 394 g/mol. The van der Waals surface area contributed by atoms with E-state index in [9.17, 15) is 4.79 Å². The van der Waals surface area contributed by atoms with Crippen LogP contribution >= 0.6 is 0 Å². The van der Waals surface area contributed by atoms with Crippen molar-refractivity contribution in [3.63, 3.8) is 0 Å². The van der Waals surface area contributed by atoms with Crippen molar-refractivity contribution in [1.82, 2.24) is 4.90 Å². The van der Waals surface area contributed by atoms with Crippen molar-refractivity contribution in [2.75, 3.05) is 20.6 Å². The second-order valence-electron chi connectivity index (χ2n) is 9.89. The zero-order valence-corrected chi connectivity index (χ0v) is 22.3. The van der Waals surface area contributed by atoms with Gasteiger partial charge in [0.2, 0.25) is 0 Å².